The average Bonchev–Trinajstić information content (AvgIpc) is 2.60. The maximum Gasteiger partial charge on any atom is 0.257 e. The molecular weight excluding hydrogens is 309 g/mol. The van der Waals surface area contributed by atoms with Crippen LogP contribution in [-0.4, -0.2) is 25.7 Å². The predicted octanol–water partition coefficient (Wildman–Crippen LogP) is 3.35. The predicted molar refractivity (Wildman–Crippen MR) is 90.8 cm³/mol. The number of amides is 1. The van der Waals surface area contributed by atoms with Crippen molar-refractivity contribution in [2.75, 3.05) is 19.8 Å². The Balaban J connectivity index is 1.61. The quantitative estimate of drug-likeness (QED) is 0.717. The fourth-order valence-electron chi connectivity index (χ4n) is 2.17. The van der Waals surface area contributed by atoms with Crippen LogP contribution in [0.1, 0.15) is 18.9 Å². The molecule has 0 aromatic heterocycles. The van der Waals surface area contributed by atoms with Gasteiger partial charge in [-0.1, -0.05) is 12.1 Å². The van der Waals surface area contributed by atoms with Crippen LogP contribution in [0.4, 0.5) is 4.39 Å². The molecule has 0 spiro atoms. The lowest BCUT2D eigenvalue weighted by Crippen LogP contribution is -2.29. The summed E-state index contributed by atoms with van der Waals surface area (Å²) in [7, 11) is 0. The van der Waals surface area contributed by atoms with Gasteiger partial charge in [0.1, 0.15) is 17.3 Å². The molecule has 24 heavy (non-hydrogen) atoms. The van der Waals surface area contributed by atoms with Gasteiger partial charge in [-0.3, -0.25) is 4.79 Å². The van der Waals surface area contributed by atoms with Gasteiger partial charge in [-0.2, -0.15) is 0 Å². The molecule has 0 aliphatic carbocycles. The summed E-state index contributed by atoms with van der Waals surface area (Å²) in [5.41, 5.74) is 1.20. The molecule has 1 N–H and O–H groups in total. The molecule has 0 saturated carbocycles. The second-order valence-corrected chi connectivity index (χ2v) is 5.27. The molecule has 0 aliphatic heterocycles. The maximum atomic E-state index is 12.7. The van der Waals surface area contributed by atoms with Crippen LogP contribution in [0.25, 0.3) is 0 Å². The third kappa shape index (κ3) is 6.28. The van der Waals surface area contributed by atoms with Crippen LogP contribution in [0.2, 0.25) is 0 Å². The number of carbonyl (C=O) groups excluding carboxylic acids is 1. The Morgan fingerprint density at radius 3 is 2.29 bits per heavy atom. The van der Waals surface area contributed by atoms with Gasteiger partial charge in [0.25, 0.3) is 5.91 Å². The van der Waals surface area contributed by atoms with Crippen molar-refractivity contribution in [1.29, 1.82) is 0 Å². The van der Waals surface area contributed by atoms with Gasteiger partial charge in [-0.05, 0) is 61.7 Å². The van der Waals surface area contributed by atoms with Crippen molar-refractivity contribution in [3.05, 3.63) is 59.9 Å². The third-order valence-electron chi connectivity index (χ3n) is 3.38. The molecule has 4 nitrogen and oxygen atoms in total. The topological polar surface area (TPSA) is 47.6 Å². The lowest BCUT2D eigenvalue weighted by Gasteiger charge is -2.08. The lowest BCUT2D eigenvalue weighted by atomic mass is 10.1. The molecule has 0 bridgehead atoms. The highest BCUT2D eigenvalue weighted by Gasteiger charge is 2.03. The minimum absolute atomic E-state index is 0.0747. The first kappa shape index (κ1) is 17.8. The molecule has 0 saturated heterocycles. The van der Waals surface area contributed by atoms with Crippen LogP contribution in [0.3, 0.4) is 0 Å². The molecular formula is C19H22FNO3. The van der Waals surface area contributed by atoms with Crippen molar-refractivity contribution in [3.8, 4) is 11.5 Å². The van der Waals surface area contributed by atoms with Crippen molar-refractivity contribution in [1.82, 2.24) is 5.32 Å². The summed E-state index contributed by atoms with van der Waals surface area (Å²) >= 11 is 0. The molecule has 2 aromatic carbocycles. The summed E-state index contributed by atoms with van der Waals surface area (Å²) in [5.74, 6) is 0.820. The number of ether oxygens (including phenoxy) is 2. The summed E-state index contributed by atoms with van der Waals surface area (Å²) in [6.07, 6.45) is 1.72. The van der Waals surface area contributed by atoms with E-state index in [0.29, 0.717) is 18.9 Å². The first-order valence-corrected chi connectivity index (χ1v) is 8.04. The van der Waals surface area contributed by atoms with Gasteiger partial charge >= 0.3 is 0 Å². The SMILES string of the molecule is CCOc1ccc(CCCNC(=O)COc2ccc(F)cc2)cc1. The van der Waals surface area contributed by atoms with Crippen molar-refractivity contribution in [2.45, 2.75) is 19.8 Å². The molecule has 0 aliphatic rings. The molecule has 1 amide bonds. The molecule has 0 fully saturated rings. The Labute approximate surface area is 141 Å². The standard InChI is InChI=1S/C19H22FNO3/c1-2-23-17-9-5-15(6-10-17)4-3-13-21-19(22)14-24-18-11-7-16(20)8-12-18/h5-12H,2-4,13-14H2,1H3,(H,21,22). The second-order valence-electron chi connectivity index (χ2n) is 5.27. The van der Waals surface area contributed by atoms with Crippen LogP contribution in [0.15, 0.2) is 48.5 Å². The normalized spacial score (nSPS) is 10.2. The van der Waals surface area contributed by atoms with Gasteiger partial charge in [-0.15, -0.1) is 0 Å². The summed E-state index contributed by atoms with van der Waals surface area (Å²) < 4.78 is 23.4. The fraction of sp³-hybridized carbons (Fsp3) is 0.316. The van der Waals surface area contributed by atoms with Gasteiger partial charge < -0.3 is 14.8 Å². The molecule has 0 radical (unpaired) electrons. The van der Waals surface area contributed by atoms with E-state index in [4.69, 9.17) is 9.47 Å². The molecule has 0 atom stereocenters. The van der Waals surface area contributed by atoms with Gasteiger partial charge in [0.2, 0.25) is 0 Å². The van der Waals surface area contributed by atoms with E-state index in [1.807, 2.05) is 31.2 Å². The van der Waals surface area contributed by atoms with Crippen LogP contribution in [-0.2, 0) is 11.2 Å². The monoisotopic (exact) mass is 331 g/mol. The smallest absolute Gasteiger partial charge is 0.257 e. The Hall–Kier alpha value is -2.56. The summed E-state index contributed by atoms with van der Waals surface area (Å²) in [6.45, 7) is 3.12. The van der Waals surface area contributed by atoms with Crippen LogP contribution in [0.5, 0.6) is 11.5 Å². The van der Waals surface area contributed by atoms with Gasteiger partial charge in [0, 0.05) is 6.54 Å². The number of hydrogen-bond donors (Lipinski definition) is 1. The molecule has 128 valence electrons. The van der Waals surface area contributed by atoms with Crippen molar-refractivity contribution >= 4 is 5.91 Å². The highest BCUT2D eigenvalue weighted by atomic mass is 19.1. The van der Waals surface area contributed by atoms with E-state index in [-0.39, 0.29) is 18.3 Å². The minimum atomic E-state index is -0.332. The number of nitrogens with one attached hydrogen (secondary N) is 1. The van der Waals surface area contributed by atoms with Gasteiger partial charge in [-0.25, -0.2) is 4.39 Å². The van der Waals surface area contributed by atoms with E-state index in [0.717, 1.165) is 18.6 Å². The van der Waals surface area contributed by atoms with E-state index in [1.165, 1.54) is 29.8 Å². The lowest BCUT2D eigenvalue weighted by molar-refractivity contribution is -0.123. The Bertz CT molecular complexity index is 626. The summed E-state index contributed by atoms with van der Waals surface area (Å²) in [6, 6.07) is 13.5. The van der Waals surface area contributed by atoms with E-state index < -0.39 is 0 Å². The molecule has 0 unspecified atom stereocenters. The Morgan fingerprint density at radius 2 is 1.62 bits per heavy atom. The van der Waals surface area contributed by atoms with Crippen LogP contribution >= 0.6 is 0 Å². The largest absolute Gasteiger partial charge is 0.494 e. The number of aryl methyl sites for hydroxylation is 1. The Morgan fingerprint density at radius 1 is 1.00 bits per heavy atom. The van der Waals surface area contributed by atoms with E-state index in [1.54, 1.807) is 0 Å². The summed E-state index contributed by atoms with van der Waals surface area (Å²) in [5, 5.41) is 2.80. The van der Waals surface area contributed by atoms with Gasteiger partial charge in [0.15, 0.2) is 6.61 Å². The fourth-order valence-corrected chi connectivity index (χ4v) is 2.17. The zero-order valence-electron chi connectivity index (χ0n) is 13.8. The van der Waals surface area contributed by atoms with Gasteiger partial charge in [0.05, 0.1) is 6.61 Å². The number of hydrogen-bond acceptors (Lipinski definition) is 3. The first-order valence-electron chi connectivity index (χ1n) is 8.04. The highest BCUT2D eigenvalue weighted by molar-refractivity contribution is 5.77. The zero-order chi connectivity index (χ0) is 17.2. The van der Waals surface area contributed by atoms with E-state index in [9.17, 15) is 9.18 Å². The van der Waals surface area contributed by atoms with Crippen molar-refractivity contribution in [3.63, 3.8) is 0 Å². The van der Waals surface area contributed by atoms with E-state index >= 15 is 0 Å². The van der Waals surface area contributed by atoms with Crippen LogP contribution < -0.4 is 14.8 Å². The number of benzene rings is 2. The molecule has 5 heteroatoms. The van der Waals surface area contributed by atoms with E-state index in [2.05, 4.69) is 5.32 Å². The minimum Gasteiger partial charge on any atom is -0.494 e. The number of carbonyl (C=O) groups is 1. The zero-order valence-corrected chi connectivity index (χ0v) is 13.8. The maximum absolute atomic E-state index is 12.7. The summed E-state index contributed by atoms with van der Waals surface area (Å²) in [4.78, 5) is 11.7. The Kier molecular flexibility index (Phi) is 7.08. The highest BCUT2D eigenvalue weighted by Crippen LogP contribution is 2.13. The molecule has 2 rings (SSSR count). The molecule has 2 aromatic rings. The number of halogens is 1. The van der Waals surface area contributed by atoms with Crippen molar-refractivity contribution in [2.24, 2.45) is 0 Å². The number of rotatable bonds is 9. The molecule has 0 heterocycles. The second kappa shape index (κ2) is 9.55. The van der Waals surface area contributed by atoms with Crippen LogP contribution in [0, 0.1) is 5.82 Å². The average molecular weight is 331 g/mol. The van der Waals surface area contributed by atoms with Crippen molar-refractivity contribution < 1.29 is 18.7 Å². The first-order chi connectivity index (χ1) is 11.7. The third-order valence-corrected chi connectivity index (χ3v) is 3.38.